The lowest BCUT2D eigenvalue weighted by atomic mass is 9.77. The van der Waals surface area contributed by atoms with Gasteiger partial charge < -0.3 is 19.9 Å². The fraction of sp³-hybridized carbons (Fsp3) is 0.455. The molecule has 2 N–H and O–H groups in total. The van der Waals surface area contributed by atoms with Crippen molar-refractivity contribution in [3.05, 3.63) is 52.9 Å². The van der Waals surface area contributed by atoms with E-state index < -0.39 is 59.6 Å². The van der Waals surface area contributed by atoms with E-state index in [1.165, 1.54) is 19.2 Å². The minimum absolute atomic E-state index is 0.125. The first-order valence-corrected chi connectivity index (χ1v) is 9.99. The number of anilines is 1. The van der Waals surface area contributed by atoms with Crippen molar-refractivity contribution in [3.63, 3.8) is 0 Å². The van der Waals surface area contributed by atoms with Gasteiger partial charge in [-0.2, -0.15) is 17.6 Å². The molecule has 6 nitrogen and oxygen atoms in total. The van der Waals surface area contributed by atoms with Crippen molar-refractivity contribution in [3.8, 4) is 5.75 Å². The van der Waals surface area contributed by atoms with Crippen LogP contribution in [0, 0.1) is 24.5 Å². The van der Waals surface area contributed by atoms with Gasteiger partial charge >= 0.3 is 6.18 Å². The molecule has 1 aromatic heterocycles. The Hall–Kier alpha value is -2.79. The summed E-state index contributed by atoms with van der Waals surface area (Å²) in [5, 5.41) is 11.8. The van der Waals surface area contributed by atoms with Crippen molar-refractivity contribution >= 4 is 11.6 Å². The van der Waals surface area contributed by atoms with Gasteiger partial charge in [-0.1, -0.05) is 13.0 Å². The molecule has 33 heavy (non-hydrogen) atoms. The van der Waals surface area contributed by atoms with Crippen molar-refractivity contribution in [1.29, 1.82) is 0 Å². The molecule has 180 valence electrons. The lowest BCUT2D eigenvalue weighted by molar-refractivity contribution is -0.272. The summed E-state index contributed by atoms with van der Waals surface area (Å²) >= 11 is 0. The number of hydrogen-bond acceptors (Lipinski definition) is 5. The predicted molar refractivity (Wildman–Crippen MR) is 108 cm³/mol. The second-order valence-electron chi connectivity index (χ2n) is 8.08. The quantitative estimate of drug-likeness (QED) is 0.634. The molecule has 2 heterocycles. The van der Waals surface area contributed by atoms with E-state index in [9.17, 15) is 31.9 Å². The number of carbonyl (C=O) groups excluding carboxylic acids is 1. The van der Waals surface area contributed by atoms with Crippen LogP contribution in [0.5, 0.6) is 5.75 Å². The number of nitrogens with one attached hydrogen (secondary N) is 1. The summed E-state index contributed by atoms with van der Waals surface area (Å²) in [5.41, 5.74) is -1.94. The van der Waals surface area contributed by atoms with E-state index in [2.05, 4.69) is 10.3 Å². The molecule has 0 saturated carbocycles. The van der Waals surface area contributed by atoms with Gasteiger partial charge in [0.15, 0.2) is 17.2 Å². The topological polar surface area (TPSA) is 80.7 Å². The Bertz CT molecular complexity index is 1060. The van der Waals surface area contributed by atoms with Crippen LogP contribution in [0.4, 0.5) is 27.6 Å². The molecule has 0 spiro atoms. The van der Waals surface area contributed by atoms with E-state index in [0.29, 0.717) is 5.56 Å². The first-order chi connectivity index (χ1) is 15.4. The minimum Gasteiger partial charge on any atom is -0.493 e. The first kappa shape index (κ1) is 24.8. The summed E-state index contributed by atoms with van der Waals surface area (Å²) in [7, 11) is 1.05. The molecule has 4 atom stereocenters. The number of nitrogens with zero attached hydrogens (tertiary/aromatic N) is 1. The predicted octanol–water partition coefficient (Wildman–Crippen LogP) is 4.25. The smallest absolute Gasteiger partial charge is 0.417 e. The van der Waals surface area contributed by atoms with Gasteiger partial charge in [0.05, 0.1) is 19.4 Å². The van der Waals surface area contributed by atoms with Crippen molar-refractivity contribution < 1.29 is 41.3 Å². The lowest BCUT2D eigenvalue weighted by Gasteiger charge is -2.32. The molecule has 0 aliphatic carbocycles. The maximum Gasteiger partial charge on any atom is 0.417 e. The standard InChI is InChI=1S/C22H23F5N2O4/c1-10-8-28-12(9-30)7-15(10)29-20(31)19-16(11(2)21(3,33-19)22(25,26)27)13-5-6-14(23)17(24)18(13)32-4/h5-8,11,16,19,30H,9H2,1-4H3,(H,28,29,31)/t11-,16-,19+,21+/m0/s1. The van der Waals surface area contributed by atoms with E-state index in [4.69, 9.17) is 9.47 Å². The van der Waals surface area contributed by atoms with Gasteiger partial charge in [0, 0.05) is 29.3 Å². The number of aliphatic hydroxyl groups is 1. The summed E-state index contributed by atoms with van der Waals surface area (Å²) in [6.07, 6.45) is -5.19. The van der Waals surface area contributed by atoms with Crippen LogP contribution in [0.15, 0.2) is 24.4 Å². The van der Waals surface area contributed by atoms with Crippen molar-refractivity contribution in [1.82, 2.24) is 4.98 Å². The van der Waals surface area contributed by atoms with Crippen LogP contribution in [0.25, 0.3) is 0 Å². The van der Waals surface area contributed by atoms with Crippen LogP contribution in [0.3, 0.4) is 0 Å². The Morgan fingerprint density at radius 1 is 1.33 bits per heavy atom. The van der Waals surface area contributed by atoms with Crippen molar-refractivity contribution in [2.75, 3.05) is 12.4 Å². The maximum absolute atomic E-state index is 14.4. The van der Waals surface area contributed by atoms with Crippen LogP contribution in [0.2, 0.25) is 0 Å². The molecule has 1 aliphatic rings. The number of benzene rings is 1. The van der Waals surface area contributed by atoms with E-state index >= 15 is 0 Å². The number of ether oxygens (including phenoxy) is 2. The number of carbonyl (C=O) groups is 1. The Balaban J connectivity index is 2.10. The molecule has 1 saturated heterocycles. The van der Waals surface area contributed by atoms with Gasteiger partial charge in [-0.05, 0) is 31.5 Å². The van der Waals surface area contributed by atoms with Crippen LogP contribution < -0.4 is 10.1 Å². The first-order valence-electron chi connectivity index (χ1n) is 9.99. The molecule has 1 fully saturated rings. The number of methoxy groups -OCH3 is 1. The highest BCUT2D eigenvalue weighted by Crippen LogP contribution is 2.55. The summed E-state index contributed by atoms with van der Waals surface area (Å²) in [6.45, 7) is 3.23. The molecule has 1 aromatic carbocycles. The third kappa shape index (κ3) is 4.26. The Morgan fingerprint density at radius 2 is 2.00 bits per heavy atom. The summed E-state index contributed by atoms with van der Waals surface area (Å²) in [6, 6.07) is 3.23. The zero-order valence-electron chi connectivity index (χ0n) is 18.3. The normalized spacial score (nSPS) is 25.2. The molecule has 0 radical (unpaired) electrons. The molecular weight excluding hydrogens is 451 g/mol. The second-order valence-corrected chi connectivity index (χ2v) is 8.08. The highest BCUT2D eigenvalue weighted by molar-refractivity contribution is 5.96. The number of aliphatic hydroxyl groups excluding tert-OH is 1. The summed E-state index contributed by atoms with van der Waals surface area (Å²) in [5.74, 6) is -6.82. The number of pyridine rings is 1. The zero-order valence-corrected chi connectivity index (χ0v) is 18.3. The van der Waals surface area contributed by atoms with Crippen LogP contribution in [-0.2, 0) is 16.1 Å². The maximum atomic E-state index is 14.4. The number of halogens is 5. The molecular formula is C22H23F5N2O4. The number of aromatic nitrogens is 1. The molecule has 2 aromatic rings. The average Bonchev–Trinajstić information content (AvgIpc) is 3.03. The van der Waals surface area contributed by atoms with E-state index in [-0.39, 0.29) is 16.9 Å². The van der Waals surface area contributed by atoms with Gasteiger partial charge in [-0.25, -0.2) is 4.39 Å². The van der Waals surface area contributed by atoms with Crippen molar-refractivity contribution in [2.45, 2.75) is 51.2 Å². The van der Waals surface area contributed by atoms with E-state index in [1.807, 2.05) is 0 Å². The fourth-order valence-electron chi connectivity index (χ4n) is 4.03. The molecule has 3 rings (SSSR count). The number of aryl methyl sites for hydroxylation is 1. The summed E-state index contributed by atoms with van der Waals surface area (Å²) < 4.78 is 80.3. The lowest BCUT2D eigenvalue weighted by Crippen LogP contribution is -2.47. The Morgan fingerprint density at radius 3 is 2.58 bits per heavy atom. The average molecular weight is 474 g/mol. The highest BCUT2D eigenvalue weighted by atomic mass is 19.4. The van der Waals surface area contributed by atoms with Gasteiger partial charge in [0.25, 0.3) is 5.91 Å². The van der Waals surface area contributed by atoms with E-state index in [1.54, 1.807) is 6.92 Å². The number of hydrogen-bond donors (Lipinski definition) is 2. The summed E-state index contributed by atoms with van der Waals surface area (Å²) in [4.78, 5) is 17.1. The fourth-order valence-corrected chi connectivity index (χ4v) is 4.03. The monoisotopic (exact) mass is 474 g/mol. The number of amides is 1. The molecule has 1 amide bonds. The van der Waals surface area contributed by atoms with Gasteiger partial charge in [-0.3, -0.25) is 9.78 Å². The third-order valence-corrected chi connectivity index (χ3v) is 6.15. The van der Waals surface area contributed by atoms with Crippen LogP contribution in [0.1, 0.15) is 36.6 Å². The van der Waals surface area contributed by atoms with Gasteiger partial charge in [0.2, 0.25) is 5.82 Å². The number of alkyl halides is 3. The molecule has 0 unspecified atom stereocenters. The van der Waals surface area contributed by atoms with Gasteiger partial charge in [-0.15, -0.1) is 0 Å². The molecule has 1 aliphatic heterocycles. The second kappa shape index (κ2) is 8.86. The Labute approximate surface area is 186 Å². The van der Waals surface area contributed by atoms with Crippen LogP contribution >= 0.6 is 0 Å². The Kier molecular flexibility index (Phi) is 6.67. The van der Waals surface area contributed by atoms with Crippen LogP contribution in [-0.4, -0.2) is 41.0 Å². The largest absolute Gasteiger partial charge is 0.493 e. The highest BCUT2D eigenvalue weighted by Gasteiger charge is 2.65. The molecule has 0 bridgehead atoms. The zero-order chi connectivity index (χ0) is 24.7. The SMILES string of the molecule is COc1c([C@H]2[C@H](C(=O)Nc3cc(CO)ncc3C)O[C@@](C)(C(F)(F)F)[C@H]2C)ccc(F)c1F. The number of rotatable bonds is 5. The van der Waals surface area contributed by atoms with Gasteiger partial charge in [0.1, 0.15) is 6.10 Å². The van der Waals surface area contributed by atoms with Crippen molar-refractivity contribution in [2.24, 2.45) is 5.92 Å². The molecule has 11 heteroatoms. The third-order valence-electron chi connectivity index (χ3n) is 6.15. The van der Waals surface area contributed by atoms with E-state index in [0.717, 1.165) is 26.2 Å². The minimum atomic E-state index is -4.86.